The first-order valence-electron chi connectivity index (χ1n) is 6.38. The maximum atomic E-state index is 11.8. The number of amides is 1. The average Bonchev–Trinajstić information content (AvgIpc) is 2.50. The summed E-state index contributed by atoms with van der Waals surface area (Å²) in [5.41, 5.74) is 1.23. The Bertz CT molecular complexity index is 717. The highest BCUT2D eigenvalue weighted by atomic mass is 35.5. The van der Waals surface area contributed by atoms with Gasteiger partial charge in [-0.15, -0.1) is 0 Å². The molecule has 0 atom stereocenters. The molecule has 0 unspecified atom stereocenters. The van der Waals surface area contributed by atoms with E-state index in [9.17, 15) is 9.90 Å². The number of rotatable bonds is 3. The molecule has 4 nitrogen and oxygen atoms in total. The van der Waals surface area contributed by atoms with Crippen LogP contribution in [0.4, 0.5) is 5.69 Å². The van der Waals surface area contributed by atoms with Gasteiger partial charge in [0.1, 0.15) is 5.75 Å². The van der Waals surface area contributed by atoms with Crippen LogP contribution in [0.2, 0.25) is 5.02 Å². The van der Waals surface area contributed by atoms with Crippen molar-refractivity contribution in [1.29, 1.82) is 0 Å². The minimum Gasteiger partial charge on any atom is -0.506 e. The maximum Gasteiger partial charge on any atom is 0.250 e. The van der Waals surface area contributed by atoms with Crippen LogP contribution in [0.25, 0.3) is 6.08 Å². The monoisotopic (exact) mass is 332 g/mol. The van der Waals surface area contributed by atoms with E-state index in [-0.39, 0.29) is 16.8 Å². The standard InChI is InChI=1S/C16H13ClN2O2S/c17-12-7-8-14(20)13(10-12)18-16(22)19-15(21)9-6-11-4-2-1-3-5-11/h1-10,20H,(H2,18,19,21,22). The second-order valence-corrected chi connectivity index (χ2v) is 5.19. The van der Waals surface area contributed by atoms with E-state index in [1.54, 1.807) is 12.1 Å². The number of hydrogen-bond donors (Lipinski definition) is 3. The van der Waals surface area contributed by atoms with E-state index in [0.717, 1.165) is 5.56 Å². The Morgan fingerprint density at radius 2 is 1.91 bits per heavy atom. The molecule has 6 heteroatoms. The number of benzene rings is 2. The zero-order valence-corrected chi connectivity index (χ0v) is 13.0. The van der Waals surface area contributed by atoms with Gasteiger partial charge in [0.15, 0.2) is 5.11 Å². The molecule has 0 saturated carbocycles. The second kappa shape index (κ2) is 7.59. The van der Waals surface area contributed by atoms with Crippen LogP contribution in [-0.4, -0.2) is 16.1 Å². The van der Waals surface area contributed by atoms with E-state index in [1.165, 1.54) is 18.2 Å². The lowest BCUT2D eigenvalue weighted by molar-refractivity contribution is -0.115. The quantitative estimate of drug-likeness (QED) is 0.457. The molecule has 2 aromatic rings. The molecule has 1 amide bonds. The van der Waals surface area contributed by atoms with Gasteiger partial charge in [0.2, 0.25) is 5.91 Å². The first kappa shape index (κ1) is 16.0. The predicted octanol–water partition coefficient (Wildman–Crippen LogP) is 3.57. The summed E-state index contributed by atoms with van der Waals surface area (Å²) in [5.74, 6) is -0.385. The second-order valence-electron chi connectivity index (χ2n) is 4.35. The van der Waals surface area contributed by atoms with Gasteiger partial charge in [0.05, 0.1) is 5.69 Å². The zero-order valence-electron chi connectivity index (χ0n) is 11.4. The van der Waals surface area contributed by atoms with E-state index in [2.05, 4.69) is 10.6 Å². The summed E-state index contributed by atoms with van der Waals surface area (Å²) >= 11 is 10.8. The van der Waals surface area contributed by atoms with Gasteiger partial charge in [-0.25, -0.2) is 0 Å². The van der Waals surface area contributed by atoms with E-state index in [4.69, 9.17) is 23.8 Å². The number of phenolic OH excluding ortho intramolecular Hbond substituents is 1. The number of carbonyl (C=O) groups excluding carboxylic acids is 1. The number of carbonyl (C=O) groups is 1. The Balaban J connectivity index is 1.93. The lowest BCUT2D eigenvalue weighted by Gasteiger charge is -2.10. The average molecular weight is 333 g/mol. The molecule has 0 aliphatic carbocycles. The van der Waals surface area contributed by atoms with Crippen LogP contribution in [0.3, 0.4) is 0 Å². The van der Waals surface area contributed by atoms with Crippen LogP contribution in [-0.2, 0) is 4.79 Å². The van der Waals surface area contributed by atoms with Gasteiger partial charge in [0.25, 0.3) is 0 Å². The number of phenols is 1. The highest BCUT2D eigenvalue weighted by Gasteiger charge is 2.06. The first-order chi connectivity index (χ1) is 10.5. The van der Waals surface area contributed by atoms with Crippen molar-refractivity contribution in [2.45, 2.75) is 0 Å². The summed E-state index contributed by atoms with van der Waals surface area (Å²) < 4.78 is 0. The van der Waals surface area contributed by atoms with E-state index < -0.39 is 0 Å². The normalized spacial score (nSPS) is 10.4. The SMILES string of the molecule is O=C(C=Cc1ccccc1)NC(=S)Nc1cc(Cl)ccc1O. The maximum absolute atomic E-state index is 11.8. The molecule has 0 aliphatic rings. The summed E-state index contributed by atoms with van der Waals surface area (Å²) in [6.07, 6.45) is 3.05. The lowest BCUT2D eigenvalue weighted by atomic mass is 10.2. The minimum atomic E-state index is -0.372. The topological polar surface area (TPSA) is 61.4 Å². The van der Waals surface area contributed by atoms with Crippen molar-refractivity contribution in [2.75, 3.05) is 5.32 Å². The fourth-order valence-corrected chi connectivity index (χ4v) is 2.03. The lowest BCUT2D eigenvalue weighted by Crippen LogP contribution is -2.32. The molecule has 0 bridgehead atoms. The van der Waals surface area contributed by atoms with Crippen molar-refractivity contribution in [2.24, 2.45) is 0 Å². The first-order valence-corrected chi connectivity index (χ1v) is 7.17. The third kappa shape index (κ3) is 4.87. The number of thiocarbonyl (C=S) groups is 1. The Labute approximate surface area is 138 Å². The Kier molecular flexibility index (Phi) is 5.52. The van der Waals surface area contributed by atoms with Crippen LogP contribution in [0.1, 0.15) is 5.56 Å². The van der Waals surface area contributed by atoms with Crippen LogP contribution in [0.5, 0.6) is 5.75 Å². The van der Waals surface area contributed by atoms with Crippen molar-refractivity contribution < 1.29 is 9.90 Å². The van der Waals surface area contributed by atoms with Crippen LogP contribution in [0, 0.1) is 0 Å². The predicted molar refractivity (Wildman–Crippen MR) is 93.0 cm³/mol. The number of nitrogens with one attached hydrogen (secondary N) is 2. The molecule has 3 N–H and O–H groups in total. The van der Waals surface area contributed by atoms with Crippen molar-refractivity contribution in [1.82, 2.24) is 5.32 Å². The molecular weight excluding hydrogens is 320 g/mol. The smallest absolute Gasteiger partial charge is 0.250 e. The highest BCUT2D eigenvalue weighted by molar-refractivity contribution is 7.80. The van der Waals surface area contributed by atoms with E-state index >= 15 is 0 Å². The van der Waals surface area contributed by atoms with E-state index in [1.807, 2.05) is 30.3 Å². The summed E-state index contributed by atoms with van der Waals surface area (Å²) in [7, 11) is 0. The molecule has 0 radical (unpaired) electrons. The number of halogens is 1. The number of aromatic hydroxyl groups is 1. The van der Waals surface area contributed by atoms with Crippen molar-refractivity contribution in [3.05, 3.63) is 65.2 Å². The molecular formula is C16H13ClN2O2S. The summed E-state index contributed by atoms with van der Waals surface area (Å²) in [5, 5.41) is 15.4. The fraction of sp³-hybridized carbons (Fsp3) is 0. The third-order valence-electron chi connectivity index (χ3n) is 2.67. The third-order valence-corrected chi connectivity index (χ3v) is 3.11. The Hall–Kier alpha value is -2.37. The Morgan fingerprint density at radius 3 is 2.64 bits per heavy atom. The molecule has 0 aliphatic heterocycles. The summed E-state index contributed by atoms with van der Waals surface area (Å²) in [4.78, 5) is 11.8. The van der Waals surface area contributed by atoms with Crippen molar-refractivity contribution in [3.8, 4) is 5.75 Å². The molecule has 22 heavy (non-hydrogen) atoms. The van der Waals surface area contributed by atoms with Gasteiger partial charge in [-0.05, 0) is 42.1 Å². The van der Waals surface area contributed by atoms with Crippen LogP contribution < -0.4 is 10.6 Å². The summed E-state index contributed by atoms with van der Waals surface area (Å²) in [6.45, 7) is 0. The molecule has 0 heterocycles. The van der Waals surface area contributed by atoms with Gasteiger partial charge >= 0.3 is 0 Å². The van der Waals surface area contributed by atoms with Crippen LogP contribution in [0.15, 0.2) is 54.6 Å². The summed E-state index contributed by atoms with van der Waals surface area (Å²) in [6, 6.07) is 13.9. The fourth-order valence-electron chi connectivity index (χ4n) is 1.65. The molecule has 0 aromatic heterocycles. The van der Waals surface area contributed by atoms with Gasteiger partial charge in [-0.3, -0.25) is 10.1 Å². The Morgan fingerprint density at radius 1 is 1.18 bits per heavy atom. The zero-order chi connectivity index (χ0) is 15.9. The van der Waals surface area contributed by atoms with Gasteiger partial charge in [-0.1, -0.05) is 41.9 Å². The number of anilines is 1. The number of hydrogen-bond acceptors (Lipinski definition) is 3. The molecule has 2 rings (SSSR count). The van der Waals surface area contributed by atoms with E-state index in [0.29, 0.717) is 10.7 Å². The largest absolute Gasteiger partial charge is 0.506 e. The van der Waals surface area contributed by atoms with Gasteiger partial charge in [-0.2, -0.15) is 0 Å². The van der Waals surface area contributed by atoms with Crippen molar-refractivity contribution in [3.63, 3.8) is 0 Å². The molecule has 2 aromatic carbocycles. The molecule has 112 valence electrons. The molecule has 0 spiro atoms. The van der Waals surface area contributed by atoms with Crippen LogP contribution >= 0.6 is 23.8 Å². The van der Waals surface area contributed by atoms with Crippen molar-refractivity contribution >= 4 is 46.6 Å². The minimum absolute atomic E-state index is 0.0131. The van der Waals surface area contributed by atoms with Gasteiger partial charge in [0, 0.05) is 11.1 Å². The highest BCUT2D eigenvalue weighted by Crippen LogP contribution is 2.26. The molecule has 0 fully saturated rings. The van der Waals surface area contributed by atoms with Gasteiger partial charge < -0.3 is 10.4 Å². The molecule has 0 saturated heterocycles.